The number of pyridine rings is 1. The molecule has 2 atom stereocenters. The van der Waals surface area contributed by atoms with Gasteiger partial charge in [-0.25, -0.2) is 9.37 Å². The maximum absolute atomic E-state index is 17.4. The van der Waals surface area contributed by atoms with Gasteiger partial charge in [0.1, 0.15) is 17.4 Å². The van der Waals surface area contributed by atoms with Crippen LogP contribution >= 0.6 is 11.6 Å². The van der Waals surface area contributed by atoms with Crippen LogP contribution < -0.4 is 15.1 Å². The van der Waals surface area contributed by atoms with Crippen LogP contribution in [0.3, 0.4) is 0 Å². The molecule has 2 bridgehead atoms. The number of nitrogens with zero attached hydrogens (tertiary/aromatic N) is 5. The monoisotopic (exact) mass is 584 g/mol. The number of nitriles is 1. The number of aromatic nitrogens is 1. The number of hydrogen-bond donors (Lipinski definition) is 2. The molecule has 0 radical (unpaired) electrons. The second-order valence-corrected chi connectivity index (χ2v) is 12.4. The second kappa shape index (κ2) is 10.6. The standard InChI is InChI=1S/C33H34ClFN6O/c1-39(2)23-17-40(18-23)33-30(34)29-27(32(38-33)41-21-9-10-22(41)16-37-15-21)13-20(7-5-11-36)28(31(29)35)26-14-24(42)12-19-6-3-4-8-25(19)26/h3-4,6,8,12-14,21-23,37,42H,5,7,9-10,15-18H2,1-2H3. The number of halogens is 2. The van der Waals surface area contributed by atoms with Gasteiger partial charge in [-0.15, -0.1) is 0 Å². The van der Waals surface area contributed by atoms with Crippen LogP contribution in [0, 0.1) is 17.1 Å². The van der Waals surface area contributed by atoms with Gasteiger partial charge in [-0.1, -0.05) is 35.9 Å². The van der Waals surface area contributed by atoms with Crippen LogP contribution in [0.15, 0.2) is 42.5 Å². The first-order valence-corrected chi connectivity index (χ1v) is 15.1. The van der Waals surface area contributed by atoms with Crippen LogP contribution in [-0.2, 0) is 6.42 Å². The number of likely N-dealkylation sites (N-methyl/N-ethyl adjacent to an activating group) is 1. The molecule has 0 saturated carbocycles. The highest BCUT2D eigenvalue weighted by Gasteiger charge is 2.40. The van der Waals surface area contributed by atoms with Crippen molar-refractivity contribution in [2.45, 2.75) is 43.8 Å². The number of phenols is 1. The minimum Gasteiger partial charge on any atom is -0.508 e. The lowest BCUT2D eigenvalue weighted by molar-refractivity contribution is 0.246. The third kappa shape index (κ3) is 4.34. The average Bonchev–Trinajstić information content (AvgIpc) is 3.18. The first-order chi connectivity index (χ1) is 20.4. The van der Waals surface area contributed by atoms with Crippen molar-refractivity contribution in [2.24, 2.45) is 0 Å². The molecule has 3 aliphatic heterocycles. The highest BCUT2D eigenvalue weighted by atomic mass is 35.5. The Bertz CT molecular complexity index is 1730. The first-order valence-electron chi connectivity index (χ1n) is 14.7. The van der Waals surface area contributed by atoms with Crippen molar-refractivity contribution in [1.29, 1.82) is 5.26 Å². The molecule has 2 N–H and O–H groups in total. The molecular weight excluding hydrogens is 551 g/mol. The number of hydrogen-bond acceptors (Lipinski definition) is 7. The topological polar surface area (TPSA) is 78.7 Å². The van der Waals surface area contributed by atoms with Crippen LogP contribution in [0.1, 0.15) is 24.8 Å². The molecule has 0 spiro atoms. The molecule has 9 heteroatoms. The molecule has 3 fully saturated rings. The van der Waals surface area contributed by atoms with Crippen molar-refractivity contribution < 1.29 is 9.50 Å². The summed E-state index contributed by atoms with van der Waals surface area (Å²) in [6.45, 7) is 3.26. The van der Waals surface area contributed by atoms with Gasteiger partial charge in [-0.05, 0) is 73.5 Å². The van der Waals surface area contributed by atoms with Crippen LogP contribution in [0.4, 0.5) is 16.0 Å². The van der Waals surface area contributed by atoms with Gasteiger partial charge in [-0.3, -0.25) is 0 Å². The van der Waals surface area contributed by atoms with Crippen molar-refractivity contribution in [3.63, 3.8) is 0 Å². The van der Waals surface area contributed by atoms with Gasteiger partial charge in [0, 0.05) is 67.1 Å². The zero-order chi connectivity index (χ0) is 29.1. The molecule has 42 heavy (non-hydrogen) atoms. The molecule has 7 nitrogen and oxygen atoms in total. The Hall–Kier alpha value is -3.64. The molecule has 1 aromatic heterocycles. The van der Waals surface area contributed by atoms with Gasteiger partial charge >= 0.3 is 0 Å². The number of piperazine rings is 1. The third-order valence-electron chi connectivity index (χ3n) is 9.36. The lowest BCUT2D eigenvalue weighted by atomic mass is 9.89. The fourth-order valence-electron chi connectivity index (χ4n) is 7.08. The lowest BCUT2D eigenvalue weighted by Gasteiger charge is -2.44. The molecule has 0 aliphatic carbocycles. The van der Waals surface area contributed by atoms with Gasteiger partial charge < -0.3 is 25.1 Å². The predicted octanol–water partition coefficient (Wildman–Crippen LogP) is 5.70. The Kier molecular flexibility index (Phi) is 6.85. The molecule has 4 heterocycles. The van der Waals surface area contributed by atoms with E-state index in [4.69, 9.17) is 16.6 Å². The molecule has 216 valence electrons. The molecule has 3 saturated heterocycles. The number of benzene rings is 3. The largest absolute Gasteiger partial charge is 0.508 e. The molecule has 7 rings (SSSR count). The Labute approximate surface area is 250 Å². The number of anilines is 2. The SMILES string of the molecule is CN(C)C1CN(c2nc(N3C4CCC3CNC4)c3cc(CCC#N)c(-c4cc(O)cc5ccccc45)c(F)c3c2Cl)C1. The lowest BCUT2D eigenvalue weighted by Crippen LogP contribution is -2.58. The van der Waals surface area contributed by atoms with Crippen molar-refractivity contribution >= 4 is 44.8 Å². The molecule has 0 amide bonds. The summed E-state index contributed by atoms with van der Waals surface area (Å²) in [6.07, 6.45) is 2.72. The summed E-state index contributed by atoms with van der Waals surface area (Å²) in [6, 6.07) is 16.1. The van der Waals surface area contributed by atoms with Crippen LogP contribution in [0.5, 0.6) is 5.75 Å². The molecule has 3 aromatic carbocycles. The smallest absolute Gasteiger partial charge is 0.150 e. The van der Waals surface area contributed by atoms with Gasteiger partial charge in [0.05, 0.1) is 11.1 Å². The molecule has 2 unspecified atom stereocenters. The minimum atomic E-state index is -0.432. The Morgan fingerprint density at radius 3 is 2.55 bits per heavy atom. The van der Waals surface area contributed by atoms with Crippen molar-refractivity contribution in [3.05, 3.63) is 58.9 Å². The highest BCUT2D eigenvalue weighted by molar-refractivity contribution is 6.38. The van der Waals surface area contributed by atoms with E-state index in [2.05, 4.69) is 40.2 Å². The molecular formula is C33H34ClFN6O. The van der Waals surface area contributed by atoms with E-state index in [9.17, 15) is 10.4 Å². The number of rotatable bonds is 6. The van der Waals surface area contributed by atoms with Gasteiger partial charge in [-0.2, -0.15) is 5.26 Å². The van der Waals surface area contributed by atoms with E-state index in [-0.39, 0.29) is 24.3 Å². The number of aryl methyl sites for hydroxylation is 1. The maximum Gasteiger partial charge on any atom is 0.150 e. The van der Waals surface area contributed by atoms with E-state index < -0.39 is 5.82 Å². The van der Waals surface area contributed by atoms with Crippen molar-refractivity contribution in [3.8, 4) is 22.9 Å². The summed E-state index contributed by atoms with van der Waals surface area (Å²) in [5.74, 6) is 1.02. The van der Waals surface area contributed by atoms with Gasteiger partial charge in [0.15, 0.2) is 5.82 Å². The Morgan fingerprint density at radius 1 is 1.10 bits per heavy atom. The summed E-state index contributed by atoms with van der Waals surface area (Å²) >= 11 is 7.16. The molecule has 3 aliphatic rings. The van der Waals surface area contributed by atoms with E-state index in [0.717, 1.165) is 55.6 Å². The van der Waals surface area contributed by atoms with E-state index in [1.165, 1.54) is 0 Å². The number of phenolic OH excluding ortho intramolecular Hbond substituents is 1. The van der Waals surface area contributed by atoms with E-state index in [0.29, 0.717) is 50.8 Å². The second-order valence-electron chi connectivity index (χ2n) is 12.1. The first kappa shape index (κ1) is 27.2. The zero-order valence-electron chi connectivity index (χ0n) is 23.9. The highest BCUT2D eigenvalue weighted by Crippen LogP contribution is 2.47. The number of fused-ring (bicyclic) bond motifs is 4. The van der Waals surface area contributed by atoms with E-state index in [1.807, 2.05) is 30.3 Å². The summed E-state index contributed by atoms with van der Waals surface area (Å²) in [7, 11) is 4.13. The van der Waals surface area contributed by atoms with Gasteiger partial charge in [0.25, 0.3) is 0 Å². The zero-order valence-corrected chi connectivity index (χ0v) is 24.6. The quantitative estimate of drug-likeness (QED) is 0.301. The van der Waals surface area contributed by atoms with Crippen molar-refractivity contribution in [1.82, 2.24) is 15.2 Å². The van der Waals surface area contributed by atoms with Gasteiger partial charge in [0.2, 0.25) is 0 Å². The van der Waals surface area contributed by atoms with E-state index in [1.54, 1.807) is 12.1 Å². The van der Waals surface area contributed by atoms with Crippen molar-refractivity contribution in [2.75, 3.05) is 50.1 Å². The minimum absolute atomic E-state index is 0.0596. The van der Waals surface area contributed by atoms with E-state index >= 15 is 4.39 Å². The Balaban J connectivity index is 1.52. The van der Waals surface area contributed by atoms with Crippen LogP contribution in [0.2, 0.25) is 5.02 Å². The van der Waals surface area contributed by atoms with Crippen LogP contribution in [0.25, 0.3) is 32.7 Å². The number of nitrogens with one attached hydrogen (secondary N) is 1. The molecule has 4 aromatic rings. The average molecular weight is 585 g/mol. The summed E-state index contributed by atoms with van der Waals surface area (Å²) in [5.41, 5.74) is 1.68. The third-order valence-corrected chi connectivity index (χ3v) is 9.71. The fourth-order valence-corrected chi connectivity index (χ4v) is 7.43. The summed E-state index contributed by atoms with van der Waals surface area (Å²) < 4.78 is 17.4. The fraction of sp³-hybridized carbons (Fsp3) is 0.394. The number of aromatic hydroxyl groups is 1. The normalized spacial score (nSPS) is 20.5. The summed E-state index contributed by atoms with van der Waals surface area (Å²) in [5, 5.41) is 26.7. The summed E-state index contributed by atoms with van der Waals surface area (Å²) in [4.78, 5) is 11.9. The predicted molar refractivity (Wildman–Crippen MR) is 167 cm³/mol. The Morgan fingerprint density at radius 2 is 1.83 bits per heavy atom. The maximum atomic E-state index is 17.4. The van der Waals surface area contributed by atoms with Crippen LogP contribution in [-0.4, -0.2) is 73.4 Å².